The van der Waals surface area contributed by atoms with Crippen LogP contribution in [0.4, 0.5) is 0 Å². The summed E-state index contributed by atoms with van der Waals surface area (Å²) in [6, 6.07) is 3.80. The molecule has 0 atom stereocenters. The topological polar surface area (TPSA) is 55.1 Å². The summed E-state index contributed by atoms with van der Waals surface area (Å²) in [5, 5.41) is 9.67. The highest BCUT2D eigenvalue weighted by Crippen LogP contribution is 2.16. The van der Waals surface area contributed by atoms with E-state index >= 15 is 0 Å². The molecule has 0 saturated carbocycles. The SMILES string of the molecule is Cc1ccnc2c1ccn2CC(=O)O. The molecule has 0 radical (unpaired) electrons. The molecule has 0 spiro atoms. The van der Waals surface area contributed by atoms with Gasteiger partial charge in [0.15, 0.2) is 0 Å². The lowest BCUT2D eigenvalue weighted by atomic mass is 10.2. The van der Waals surface area contributed by atoms with Gasteiger partial charge in [-0.25, -0.2) is 4.98 Å². The number of rotatable bonds is 2. The lowest BCUT2D eigenvalue weighted by Gasteiger charge is -2.00. The van der Waals surface area contributed by atoms with Gasteiger partial charge in [0.25, 0.3) is 0 Å². The van der Waals surface area contributed by atoms with Crippen molar-refractivity contribution in [1.82, 2.24) is 9.55 Å². The first kappa shape index (κ1) is 8.74. The molecule has 1 N–H and O–H groups in total. The van der Waals surface area contributed by atoms with Crippen LogP contribution < -0.4 is 0 Å². The molecule has 0 saturated heterocycles. The van der Waals surface area contributed by atoms with Crippen molar-refractivity contribution in [2.75, 3.05) is 0 Å². The maximum absolute atomic E-state index is 10.5. The number of aromatic nitrogens is 2. The molecule has 2 heterocycles. The van der Waals surface area contributed by atoms with Crippen molar-refractivity contribution in [3.05, 3.63) is 30.1 Å². The van der Waals surface area contributed by atoms with Gasteiger partial charge in [0, 0.05) is 17.8 Å². The number of carbonyl (C=O) groups is 1. The quantitative estimate of drug-likeness (QED) is 0.779. The molecule has 4 nitrogen and oxygen atoms in total. The van der Waals surface area contributed by atoms with Crippen LogP contribution in [0.25, 0.3) is 11.0 Å². The monoisotopic (exact) mass is 190 g/mol. The number of aliphatic carboxylic acids is 1. The second-order valence-electron chi connectivity index (χ2n) is 3.20. The second kappa shape index (κ2) is 3.14. The fourth-order valence-electron chi connectivity index (χ4n) is 1.50. The Labute approximate surface area is 80.8 Å². The van der Waals surface area contributed by atoms with Crippen molar-refractivity contribution in [3.8, 4) is 0 Å². The lowest BCUT2D eigenvalue weighted by molar-refractivity contribution is -0.137. The molecule has 0 bridgehead atoms. The van der Waals surface area contributed by atoms with Crippen LogP contribution in [0.15, 0.2) is 24.5 Å². The molecule has 72 valence electrons. The smallest absolute Gasteiger partial charge is 0.323 e. The average Bonchev–Trinajstić information content (AvgIpc) is 2.49. The molecular weight excluding hydrogens is 180 g/mol. The van der Waals surface area contributed by atoms with Gasteiger partial charge in [0.2, 0.25) is 0 Å². The first-order valence-electron chi connectivity index (χ1n) is 4.31. The number of carboxylic acids is 1. The largest absolute Gasteiger partial charge is 0.480 e. The zero-order valence-corrected chi connectivity index (χ0v) is 7.77. The van der Waals surface area contributed by atoms with E-state index in [1.54, 1.807) is 17.0 Å². The third-order valence-corrected chi connectivity index (χ3v) is 2.19. The van der Waals surface area contributed by atoms with E-state index < -0.39 is 5.97 Å². The van der Waals surface area contributed by atoms with Crippen LogP contribution in [0.3, 0.4) is 0 Å². The van der Waals surface area contributed by atoms with Gasteiger partial charge in [0.1, 0.15) is 12.2 Å². The summed E-state index contributed by atoms with van der Waals surface area (Å²) >= 11 is 0. The summed E-state index contributed by atoms with van der Waals surface area (Å²) < 4.78 is 1.63. The van der Waals surface area contributed by atoms with Gasteiger partial charge < -0.3 is 9.67 Å². The fraction of sp³-hybridized carbons (Fsp3) is 0.200. The zero-order valence-electron chi connectivity index (χ0n) is 7.77. The molecule has 2 aromatic rings. The third kappa shape index (κ3) is 1.35. The minimum absolute atomic E-state index is 0.0417. The van der Waals surface area contributed by atoms with Gasteiger partial charge in [-0.2, -0.15) is 0 Å². The molecule has 0 amide bonds. The minimum atomic E-state index is -0.856. The van der Waals surface area contributed by atoms with E-state index in [2.05, 4.69) is 4.98 Å². The number of nitrogens with zero attached hydrogens (tertiary/aromatic N) is 2. The predicted molar refractivity (Wildman–Crippen MR) is 52.1 cm³/mol. The summed E-state index contributed by atoms with van der Waals surface area (Å²) in [5.41, 5.74) is 1.84. The Bertz CT molecular complexity index is 488. The van der Waals surface area contributed by atoms with Crippen LogP contribution in [0.5, 0.6) is 0 Å². The van der Waals surface area contributed by atoms with Crippen molar-refractivity contribution in [2.24, 2.45) is 0 Å². The van der Waals surface area contributed by atoms with E-state index in [4.69, 9.17) is 5.11 Å². The Morgan fingerprint density at radius 2 is 2.36 bits per heavy atom. The molecule has 0 aliphatic carbocycles. The van der Waals surface area contributed by atoms with Crippen molar-refractivity contribution >= 4 is 17.0 Å². The number of carboxylic acid groups (broad SMARTS) is 1. The van der Waals surface area contributed by atoms with E-state index in [0.717, 1.165) is 16.6 Å². The summed E-state index contributed by atoms with van der Waals surface area (Å²) in [4.78, 5) is 14.7. The normalized spacial score (nSPS) is 10.6. The number of aryl methyl sites for hydroxylation is 1. The van der Waals surface area contributed by atoms with Gasteiger partial charge in [-0.3, -0.25) is 4.79 Å². The van der Waals surface area contributed by atoms with E-state index in [1.807, 2.05) is 19.1 Å². The molecule has 2 rings (SSSR count). The van der Waals surface area contributed by atoms with Crippen molar-refractivity contribution < 1.29 is 9.90 Å². The highest BCUT2D eigenvalue weighted by atomic mass is 16.4. The van der Waals surface area contributed by atoms with E-state index in [-0.39, 0.29) is 6.54 Å². The van der Waals surface area contributed by atoms with Gasteiger partial charge >= 0.3 is 5.97 Å². The van der Waals surface area contributed by atoms with E-state index in [1.165, 1.54) is 0 Å². The van der Waals surface area contributed by atoms with Crippen molar-refractivity contribution in [1.29, 1.82) is 0 Å². The van der Waals surface area contributed by atoms with E-state index in [0.29, 0.717) is 0 Å². The van der Waals surface area contributed by atoms with Crippen LogP contribution in [0, 0.1) is 6.92 Å². The molecule has 0 fully saturated rings. The standard InChI is InChI=1S/C10H10N2O2/c1-7-2-4-11-10-8(7)3-5-12(10)6-9(13)14/h2-5H,6H2,1H3,(H,13,14). The van der Waals surface area contributed by atoms with Gasteiger partial charge in [0.05, 0.1) is 0 Å². The van der Waals surface area contributed by atoms with Crippen LogP contribution in [-0.2, 0) is 11.3 Å². The van der Waals surface area contributed by atoms with Crippen LogP contribution in [-0.4, -0.2) is 20.6 Å². The summed E-state index contributed by atoms with van der Waals surface area (Å²) in [6.45, 7) is 1.94. The van der Waals surface area contributed by atoms with Gasteiger partial charge in [-0.05, 0) is 24.6 Å². The lowest BCUT2D eigenvalue weighted by Crippen LogP contribution is -2.07. The van der Waals surface area contributed by atoms with Gasteiger partial charge in [-0.15, -0.1) is 0 Å². The molecule has 14 heavy (non-hydrogen) atoms. The number of pyridine rings is 1. The molecule has 4 heteroatoms. The minimum Gasteiger partial charge on any atom is -0.480 e. The van der Waals surface area contributed by atoms with E-state index in [9.17, 15) is 4.79 Å². The van der Waals surface area contributed by atoms with Crippen LogP contribution in [0.2, 0.25) is 0 Å². The Morgan fingerprint density at radius 1 is 1.57 bits per heavy atom. The Balaban J connectivity index is 2.58. The first-order valence-corrected chi connectivity index (χ1v) is 4.31. The predicted octanol–water partition coefficient (Wildman–Crippen LogP) is 1.43. The molecule has 0 aliphatic heterocycles. The summed E-state index contributed by atoms with van der Waals surface area (Å²) in [7, 11) is 0. The summed E-state index contributed by atoms with van der Waals surface area (Å²) in [6.07, 6.45) is 3.44. The maximum Gasteiger partial charge on any atom is 0.323 e. The molecule has 0 unspecified atom stereocenters. The zero-order chi connectivity index (χ0) is 10.1. The molecular formula is C10H10N2O2. The number of hydrogen-bond donors (Lipinski definition) is 1. The van der Waals surface area contributed by atoms with Crippen molar-refractivity contribution in [3.63, 3.8) is 0 Å². The number of hydrogen-bond acceptors (Lipinski definition) is 2. The highest BCUT2D eigenvalue weighted by Gasteiger charge is 2.06. The highest BCUT2D eigenvalue weighted by molar-refractivity contribution is 5.81. The molecule has 0 aliphatic rings. The fourth-order valence-corrected chi connectivity index (χ4v) is 1.50. The molecule has 0 aromatic carbocycles. The average molecular weight is 190 g/mol. The summed E-state index contributed by atoms with van der Waals surface area (Å²) in [5.74, 6) is -0.856. The Hall–Kier alpha value is -1.84. The van der Waals surface area contributed by atoms with Crippen LogP contribution in [0.1, 0.15) is 5.56 Å². The van der Waals surface area contributed by atoms with Crippen LogP contribution >= 0.6 is 0 Å². The van der Waals surface area contributed by atoms with Gasteiger partial charge in [-0.1, -0.05) is 0 Å². The Kier molecular flexibility index (Phi) is 1.96. The number of fused-ring (bicyclic) bond motifs is 1. The third-order valence-electron chi connectivity index (χ3n) is 2.19. The molecule has 2 aromatic heterocycles. The second-order valence-corrected chi connectivity index (χ2v) is 3.20. The first-order chi connectivity index (χ1) is 6.68. The van der Waals surface area contributed by atoms with Crippen molar-refractivity contribution in [2.45, 2.75) is 13.5 Å². The Morgan fingerprint density at radius 3 is 3.07 bits per heavy atom. The maximum atomic E-state index is 10.5.